The van der Waals surface area contributed by atoms with Crippen LogP contribution in [-0.4, -0.2) is 24.9 Å². The summed E-state index contributed by atoms with van der Waals surface area (Å²) in [6, 6.07) is 0. The molecule has 0 saturated carbocycles. The Morgan fingerprint density at radius 2 is 1.00 bits per heavy atom. The van der Waals surface area contributed by atoms with Crippen molar-refractivity contribution in [3.8, 4) is 0 Å². The predicted molar refractivity (Wildman–Crippen MR) is 92.8 cm³/mol. The second kappa shape index (κ2) is 16.3. The van der Waals surface area contributed by atoms with Gasteiger partial charge in [0.1, 0.15) is 0 Å². The highest BCUT2D eigenvalue weighted by molar-refractivity contribution is 5.76. The maximum absolute atomic E-state index is 11.5. The fraction of sp³-hybridized carbons (Fsp3) is 0.889. The third kappa shape index (κ3) is 15.3. The van der Waals surface area contributed by atoms with E-state index in [1.165, 1.54) is 0 Å². The highest BCUT2D eigenvalue weighted by atomic mass is 16.2. The van der Waals surface area contributed by atoms with E-state index in [2.05, 4.69) is 24.5 Å². The Kier molecular flexibility index (Phi) is 15.5. The van der Waals surface area contributed by atoms with Crippen LogP contribution in [0.15, 0.2) is 0 Å². The van der Waals surface area contributed by atoms with Gasteiger partial charge in [0.25, 0.3) is 0 Å². The molecule has 130 valence electrons. The van der Waals surface area contributed by atoms with Gasteiger partial charge in [-0.1, -0.05) is 52.4 Å². The molecule has 0 fully saturated rings. The van der Waals surface area contributed by atoms with Crippen molar-refractivity contribution in [1.82, 2.24) is 10.6 Å². The summed E-state index contributed by atoms with van der Waals surface area (Å²) in [5.74, 6) is 0.376. The average Bonchev–Trinajstić information content (AvgIpc) is 2.50. The summed E-state index contributed by atoms with van der Waals surface area (Å²) < 4.78 is 0. The standard InChI is InChI=1S/C18H36N2O2/c1-3-5-9-13-17(21)19-15-11-7-8-12-16-20-18(22)14-10-6-4-2/h3-16H2,1-2H3,(H,19,21)(H,20,22). The molecule has 0 aliphatic rings. The largest absolute Gasteiger partial charge is 0.356 e. The highest BCUT2D eigenvalue weighted by Gasteiger charge is 2.01. The minimum Gasteiger partial charge on any atom is -0.356 e. The van der Waals surface area contributed by atoms with Gasteiger partial charge in [-0.2, -0.15) is 0 Å². The van der Waals surface area contributed by atoms with Crippen LogP contribution in [0, 0.1) is 0 Å². The summed E-state index contributed by atoms with van der Waals surface area (Å²) in [7, 11) is 0. The van der Waals surface area contributed by atoms with Gasteiger partial charge in [-0.25, -0.2) is 0 Å². The molecule has 0 aliphatic heterocycles. The molecular formula is C18H36N2O2. The molecule has 0 rings (SSSR count). The fourth-order valence-corrected chi connectivity index (χ4v) is 2.31. The molecule has 0 radical (unpaired) electrons. The van der Waals surface area contributed by atoms with Crippen LogP contribution in [0.25, 0.3) is 0 Å². The van der Waals surface area contributed by atoms with Crippen LogP contribution < -0.4 is 10.6 Å². The summed E-state index contributed by atoms with van der Waals surface area (Å²) >= 11 is 0. The van der Waals surface area contributed by atoms with Gasteiger partial charge in [-0.3, -0.25) is 9.59 Å². The Labute approximate surface area is 136 Å². The molecule has 2 amide bonds. The van der Waals surface area contributed by atoms with Gasteiger partial charge in [-0.15, -0.1) is 0 Å². The molecule has 0 spiro atoms. The van der Waals surface area contributed by atoms with E-state index in [0.29, 0.717) is 12.8 Å². The van der Waals surface area contributed by atoms with Crippen LogP contribution >= 0.6 is 0 Å². The lowest BCUT2D eigenvalue weighted by Crippen LogP contribution is -2.24. The molecule has 0 atom stereocenters. The van der Waals surface area contributed by atoms with Crippen LogP contribution in [0.3, 0.4) is 0 Å². The van der Waals surface area contributed by atoms with Gasteiger partial charge >= 0.3 is 0 Å². The zero-order valence-electron chi connectivity index (χ0n) is 14.7. The molecule has 0 unspecified atom stereocenters. The average molecular weight is 312 g/mol. The molecule has 2 N–H and O–H groups in total. The third-order valence-electron chi connectivity index (χ3n) is 3.76. The molecule has 0 aromatic rings. The van der Waals surface area contributed by atoms with Crippen molar-refractivity contribution in [1.29, 1.82) is 0 Å². The predicted octanol–water partition coefficient (Wildman–Crippen LogP) is 3.94. The SMILES string of the molecule is CCCCCC(=O)NCCCCCCNC(=O)CCCCC. The summed E-state index contributed by atoms with van der Waals surface area (Å²) in [6.07, 6.45) is 12.2. The minimum absolute atomic E-state index is 0.188. The molecule has 22 heavy (non-hydrogen) atoms. The summed E-state index contributed by atoms with van der Waals surface area (Å²) in [5, 5.41) is 5.94. The van der Waals surface area contributed by atoms with E-state index >= 15 is 0 Å². The first-order chi connectivity index (χ1) is 10.7. The Morgan fingerprint density at radius 3 is 1.36 bits per heavy atom. The van der Waals surface area contributed by atoms with E-state index < -0.39 is 0 Å². The van der Waals surface area contributed by atoms with Crippen molar-refractivity contribution in [3.63, 3.8) is 0 Å². The summed E-state index contributed by atoms with van der Waals surface area (Å²) in [4.78, 5) is 23.0. The maximum atomic E-state index is 11.5. The Bertz CT molecular complexity index is 252. The third-order valence-corrected chi connectivity index (χ3v) is 3.76. The lowest BCUT2D eigenvalue weighted by atomic mass is 10.1. The van der Waals surface area contributed by atoms with Crippen LogP contribution in [0.1, 0.15) is 90.9 Å². The van der Waals surface area contributed by atoms with Crippen LogP contribution in [0.5, 0.6) is 0 Å². The maximum Gasteiger partial charge on any atom is 0.219 e. The van der Waals surface area contributed by atoms with Crippen molar-refractivity contribution in [3.05, 3.63) is 0 Å². The monoisotopic (exact) mass is 312 g/mol. The smallest absolute Gasteiger partial charge is 0.219 e. The van der Waals surface area contributed by atoms with E-state index in [4.69, 9.17) is 0 Å². The van der Waals surface area contributed by atoms with E-state index in [1.54, 1.807) is 0 Å². The van der Waals surface area contributed by atoms with E-state index in [1.807, 2.05) is 0 Å². The molecule has 0 aromatic heterocycles. The first-order valence-corrected chi connectivity index (χ1v) is 9.24. The molecule has 0 aliphatic carbocycles. The Balaban J connectivity index is 3.23. The zero-order chi connectivity index (χ0) is 16.5. The Hall–Kier alpha value is -1.06. The van der Waals surface area contributed by atoms with Crippen molar-refractivity contribution in [2.75, 3.05) is 13.1 Å². The number of hydrogen-bond acceptors (Lipinski definition) is 2. The van der Waals surface area contributed by atoms with Crippen LogP contribution in [0.4, 0.5) is 0 Å². The van der Waals surface area contributed by atoms with Crippen LogP contribution in [-0.2, 0) is 9.59 Å². The number of carbonyl (C=O) groups is 2. The number of nitrogens with one attached hydrogen (secondary N) is 2. The lowest BCUT2D eigenvalue weighted by molar-refractivity contribution is -0.122. The van der Waals surface area contributed by atoms with Gasteiger partial charge in [0.05, 0.1) is 0 Å². The molecular weight excluding hydrogens is 276 g/mol. The topological polar surface area (TPSA) is 58.2 Å². The zero-order valence-corrected chi connectivity index (χ0v) is 14.7. The van der Waals surface area contributed by atoms with Crippen molar-refractivity contribution in [2.45, 2.75) is 90.9 Å². The van der Waals surface area contributed by atoms with Gasteiger partial charge < -0.3 is 10.6 Å². The van der Waals surface area contributed by atoms with Crippen molar-refractivity contribution >= 4 is 11.8 Å². The van der Waals surface area contributed by atoms with E-state index in [0.717, 1.165) is 77.3 Å². The normalized spacial score (nSPS) is 10.5. The molecule has 4 heteroatoms. The van der Waals surface area contributed by atoms with Crippen LogP contribution in [0.2, 0.25) is 0 Å². The van der Waals surface area contributed by atoms with Gasteiger partial charge in [-0.05, 0) is 25.7 Å². The number of rotatable bonds is 15. The van der Waals surface area contributed by atoms with E-state index in [-0.39, 0.29) is 11.8 Å². The van der Waals surface area contributed by atoms with E-state index in [9.17, 15) is 9.59 Å². The molecule has 0 bridgehead atoms. The summed E-state index contributed by atoms with van der Waals surface area (Å²) in [5.41, 5.74) is 0. The Morgan fingerprint density at radius 1 is 0.591 bits per heavy atom. The number of carbonyl (C=O) groups excluding carboxylic acids is 2. The number of unbranched alkanes of at least 4 members (excludes halogenated alkanes) is 7. The number of amides is 2. The minimum atomic E-state index is 0.188. The quantitative estimate of drug-likeness (QED) is 0.450. The molecule has 0 heterocycles. The summed E-state index contributed by atoms with van der Waals surface area (Å²) in [6.45, 7) is 5.86. The first kappa shape index (κ1) is 20.9. The molecule has 0 aromatic carbocycles. The van der Waals surface area contributed by atoms with Gasteiger partial charge in [0.15, 0.2) is 0 Å². The van der Waals surface area contributed by atoms with Crippen molar-refractivity contribution in [2.24, 2.45) is 0 Å². The molecule has 4 nitrogen and oxygen atoms in total. The fourth-order valence-electron chi connectivity index (χ4n) is 2.31. The number of hydrogen-bond donors (Lipinski definition) is 2. The van der Waals surface area contributed by atoms with Gasteiger partial charge in [0, 0.05) is 25.9 Å². The highest BCUT2D eigenvalue weighted by Crippen LogP contribution is 2.01. The molecule has 0 saturated heterocycles. The first-order valence-electron chi connectivity index (χ1n) is 9.24. The van der Waals surface area contributed by atoms with Gasteiger partial charge in [0.2, 0.25) is 11.8 Å². The van der Waals surface area contributed by atoms with Crippen molar-refractivity contribution < 1.29 is 9.59 Å². The second-order valence-corrected chi connectivity index (χ2v) is 6.03. The lowest BCUT2D eigenvalue weighted by Gasteiger charge is -2.06. The second-order valence-electron chi connectivity index (χ2n) is 6.03.